The number of nitrogens with one attached hydrogen (secondary N) is 2. The number of alkyl carbamates (subject to hydrolysis) is 1. The number of carbonyl (C=O) groups excluding carboxylic acids is 3. The largest absolute Gasteiger partial charge is 0.507 e. The maximum Gasteiger partial charge on any atom is 0.408 e. The smallest absolute Gasteiger partial charge is 0.408 e. The number of halogens is 1. The monoisotopic (exact) mass is 699 g/mol. The average Bonchev–Trinajstić information content (AvgIpc) is 3.49. The van der Waals surface area contributed by atoms with E-state index < -0.39 is 35.6 Å². The highest BCUT2D eigenvalue weighted by Gasteiger charge is 2.38. The summed E-state index contributed by atoms with van der Waals surface area (Å²) >= 11 is 6.16. The number of phenolic OH excluding ortho intramolecular Hbond substituents is 1. The van der Waals surface area contributed by atoms with Crippen molar-refractivity contribution >= 4 is 35.2 Å². The number of amides is 3. The van der Waals surface area contributed by atoms with Gasteiger partial charge in [-0.05, 0) is 68.8 Å². The molecule has 1 aromatic heterocycles. The van der Waals surface area contributed by atoms with Gasteiger partial charge in [-0.1, -0.05) is 53.8 Å². The molecule has 50 heavy (non-hydrogen) atoms. The van der Waals surface area contributed by atoms with E-state index in [0.29, 0.717) is 38.7 Å². The molecule has 1 fully saturated rings. The number of rotatable bonds is 8. The zero-order valence-corrected chi connectivity index (χ0v) is 28.6. The lowest BCUT2D eigenvalue weighted by Gasteiger charge is -2.37. The highest BCUT2D eigenvalue weighted by atomic mass is 35.5. The molecule has 0 bridgehead atoms. The number of aliphatic hydroxyl groups is 1. The summed E-state index contributed by atoms with van der Waals surface area (Å²) < 4.78 is 12.5. The van der Waals surface area contributed by atoms with Gasteiger partial charge in [0, 0.05) is 34.6 Å². The van der Waals surface area contributed by atoms with Crippen LogP contribution in [-0.2, 0) is 25.6 Å². The quantitative estimate of drug-likeness (QED) is 0.193. The first-order valence-corrected chi connectivity index (χ1v) is 16.3. The van der Waals surface area contributed by atoms with Gasteiger partial charge >= 0.3 is 6.09 Å². The van der Waals surface area contributed by atoms with Crippen LogP contribution in [0.1, 0.15) is 43.5 Å². The van der Waals surface area contributed by atoms with Crippen molar-refractivity contribution in [3.05, 3.63) is 101 Å². The number of hydrogen-bond donors (Lipinski definition) is 4. The summed E-state index contributed by atoms with van der Waals surface area (Å²) in [5.74, 6) is 5.22. The molecule has 3 amide bonds. The van der Waals surface area contributed by atoms with Gasteiger partial charge in [-0.3, -0.25) is 14.3 Å². The summed E-state index contributed by atoms with van der Waals surface area (Å²) in [6.45, 7) is 5.66. The Kier molecular flexibility index (Phi) is 11.4. The van der Waals surface area contributed by atoms with E-state index in [1.165, 1.54) is 15.6 Å². The lowest BCUT2D eigenvalue weighted by atomic mass is 10.0. The van der Waals surface area contributed by atoms with Crippen molar-refractivity contribution in [2.24, 2.45) is 0 Å². The number of carbonyl (C=O) groups is 3. The van der Waals surface area contributed by atoms with Crippen molar-refractivity contribution in [3.63, 3.8) is 0 Å². The molecule has 1 aliphatic heterocycles. The molecule has 0 radical (unpaired) electrons. The van der Waals surface area contributed by atoms with Gasteiger partial charge in [0.05, 0.1) is 31.9 Å². The Morgan fingerprint density at radius 2 is 1.82 bits per heavy atom. The van der Waals surface area contributed by atoms with Crippen molar-refractivity contribution < 1.29 is 34.1 Å². The number of aliphatic hydroxyl groups excluding tert-OH is 1. The fraction of sp³-hybridized carbons (Fsp3) is 0.297. The summed E-state index contributed by atoms with van der Waals surface area (Å²) in [6.07, 6.45) is 0.924. The number of ether oxygens (including phenoxy) is 2. The second-order valence-electron chi connectivity index (χ2n) is 12.5. The molecule has 0 saturated carbocycles. The Morgan fingerprint density at radius 1 is 1.08 bits per heavy atom. The van der Waals surface area contributed by atoms with Crippen molar-refractivity contribution in [2.75, 3.05) is 31.7 Å². The molecular weight excluding hydrogens is 662 g/mol. The van der Waals surface area contributed by atoms with Gasteiger partial charge in [0.2, 0.25) is 5.91 Å². The number of aromatic hydroxyl groups is 1. The fourth-order valence-corrected chi connectivity index (χ4v) is 5.41. The Hall–Kier alpha value is -5.35. The maximum absolute atomic E-state index is 14.0. The van der Waals surface area contributed by atoms with Gasteiger partial charge in [0.25, 0.3) is 5.91 Å². The van der Waals surface area contributed by atoms with Gasteiger partial charge < -0.3 is 35.2 Å². The summed E-state index contributed by atoms with van der Waals surface area (Å²) in [5.41, 5.74) is 2.23. The summed E-state index contributed by atoms with van der Waals surface area (Å²) in [5, 5.41) is 30.3. The van der Waals surface area contributed by atoms with Gasteiger partial charge in [0.15, 0.2) is 0 Å². The molecule has 2 heterocycles. The predicted octanol–water partition coefficient (Wildman–Crippen LogP) is 4.73. The highest BCUT2D eigenvalue weighted by Crippen LogP contribution is 2.32. The lowest BCUT2D eigenvalue weighted by Crippen LogP contribution is -2.57. The van der Waals surface area contributed by atoms with Crippen molar-refractivity contribution in [1.82, 2.24) is 20.0 Å². The van der Waals surface area contributed by atoms with E-state index in [2.05, 4.69) is 27.6 Å². The Morgan fingerprint density at radius 3 is 2.52 bits per heavy atom. The number of anilines is 1. The molecule has 0 spiro atoms. The summed E-state index contributed by atoms with van der Waals surface area (Å²) in [7, 11) is 0. The van der Waals surface area contributed by atoms with E-state index in [0.717, 1.165) is 0 Å². The van der Waals surface area contributed by atoms with Crippen LogP contribution in [0.5, 0.6) is 5.75 Å². The SMILES string of the molecule is CC(C)(C)OC(=O)N[C@@H](C(=O)N1CCOCC1C(=O)Nc1ccc(C#Cc2cn(CCO)nc2-c2cc(Cl)ccc2O)cc1)c1ccccc1. The molecule has 1 aliphatic rings. The van der Waals surface area contributed by atoms with Gasteiger partial charge in [-0.15, -0.1) is 0 Å². The first-order valence-electron chi connectivity index (χ1n) is 15.9. The van der Waals surface area contributed by atoms with Crippen LogP contribution < -0.4 is 10.6 Å². The van der Waals surface area contributed by atoms with Crippen LogP contribution in [0.3, 0.4) is 0 Å². The molecule has 1 unspecified atom stereocenters. The Labute approximate surface area is 295 Å². The van der Waals surface area contributed by atoms with Gasteiger partial charge in [-0.2, -0.15) is 5.10 Å². The minimum absolute atomic E-state index is 0.00897. The van der Waals surface area contributed by atoms with E-state index in [1.807, 2.05) is 0 Å². The molecule has 4 N–H and O–H groups in total. The van der Waals surface area contributed by atoms with Crippen molar-refractivity contribution in [2.45, 2.75) is 45.0 Å². The van der Waals surface area contributed by atoms with Crippen LogP contribution in [0.2, 0.25) is 5.02 Å². The third-order valence-electron chi connectivity index (χ3n) is 7.55. The normalized spacial score (nSPS) is 15.0. The standard InChI is InChI=1S/C37H38ClN5O7/c1-37(2,3)50-36(48)40-33(25-7-5-4-6-8-25)35(47)43-18-20-49-23-30(43)34(46)39-28-14-10-24(11-15-28)9-12-26-22-42(17-19-44)41-32(26)29-21-27(38)13-16-31(29)45/h4-8,10-11,13-16,21-22,30,33,44-45H,17-20,23H2,1-3H3,(H,39,46)(H,40,48)/t30?,33-/m1/s1. The van der Waals surface area contributed by atoms with E-state index in [4.69, 9.17) is 21.1 Å². The van der Waals surface area contributed by atoms with Gasteiger partial charge in [-0.25, -0.2) is 4.79 Å². The molecular formula is C37H38ClN5O7. The fourth-order valence-electron chi connectivity index (χ4n) is 5.24. The molecule has 12 nitrogen and oxygen atoms in total. The van der Waals surface area contributed by atoms with Crippen LogP contribution in [0.25, 0.3) is 11.3 Å². The van der Waals surface area contributed by atoms with Crippen molar-refractivity contribution in [1.29, 1.82) is 0 Å². The number of phenols is 1. The minimum Gasteiger partial charge on any atom is -0.507 e. The molecule has 260 valence electrons. The van der Waals surface area contributed by atoms with E-state index in [1.54, 1.807) is 93.7 Å². The highest BCUT2D eigenvalue weighted by molar-refractivity contribution is 6.31. The molecule has 2 atom stereocenters. The third-order valence-corrected chi connectivity index (χ3v) is 7.79. The van der Waals surface area contributed by atoms with Crippen LogP contribution in [0.4, 0.5) is 10.5 Å². The molecule has 0 aliphatic carbocycles. The molecule has 4 aromatic rings. The summed E-state index contributed by atoms with van der Waals surface area (Å²) in [4.78, 5) is 41.6. The molecule has 3 aromatic carbocycles. The van der Waals surface area contributed by atoms with Crippen LogP contribution >= 0.6 is 11.6 Å². The minimum atomic E-state index is -1.09. The zero-order chi connectivity index (χ0) is 35.8. The first kappa shape index (κ1) is 35.9. The van der Waals surface area contributed by atoms with Crippen LogP contribution in [-0.4, -0.2) is 80.8 Å². The number of nitrogens with zero attached hydrogens (tertiary/aromatic N) is 3. The zero-order valence-electron chi connectivity index (χ0n) is 27.9. The van der Waals surface area contributed by atoms with Crippen LogP contribution in [0.15, 0.2) is 79.0 Å². The van der Waals surface area contributed by atoms with Crippen molar-refractivity contribution in [3.8, 4) is 28.8 Å². The average molecular weight is 700 g/mol. The number of benzene rings is 3. The van der Waals surface area contributed by atoms with E-state index >= 15 is 0 Å². The lowest BCUT2D eigenvalue weighted by molar-refractivity contribution is -0.148. The first-order chi connectivity index (χ1) is 23.9. The second-order valence-corrected chi connectivity index (χ2v) is 12.9. The number of aromatic nitrogens is 2. The predicted molar refractivity (Wildman–Crippen MR) is 187 cm³/mol. The summed E-state index contributed by atoms with van der Waals surface area (Å²) in [6, 6.07) is 18.2. The maximum atomic E-state index is 14.0. The molecule has 5 rings (SSSR count). The Balaban J connectivity index is 1.31. The number of hydrogen-bond acceptors (Lipinski definition) is 8. The van der Waals surface area contributed by atoms with Gasteiger partial charge in [0.1, 0.15) is 29.1 Å². The molecule has 1 saturated heterocycles. The Bertz CT molecular complexity index is 1900. The van der Waals surface area contributed by atoms with E-state index in [-0.39, 0.29) is 38.7 Å². The second kappa shape index (κ2) is 15.9. The van der Waals surface area contributed by atoms with Crippen LogP contribution in [0, 0.1) is 11.8 Å². The third kappa shape index (κ3) is 9.21. The van der Waals surface area contributed by atoms with E-state index in [9.17, 15) is 24.6 Å². The number of morpholine rings is 1. The topological polar surface area (TPSA) is 155 Å². The molecule has 13 heteroatoms.